The predicted molar refractivity (Wildman–Crippen MR) is 72.7 cm³/mol. The van der Waals surface area contributed by atoms with E-state index in [0.717, 1.165) is 17.9 Å². The fourth-order valence-electron chi connectivity index (χ4n) is 1.86. The highest BCUT2D eigenvalue weighted by Gasteiger charge is 2.31. The van der Waals surface area contributed by atoms with Crippen molar-refractivity contribution in [2.45, 2.75) is 17.4 Å². The summed E-state index contributed by atoms with van der Waals surface area (Å²) in [6.07, 6.45) is 3.70. The van der Waals surface area contributed by atoms with Gasteiger partial charge in [-0.15, -0.1) is 0 Å². The topological polar surface area (TPSA) is 88.3 Å². The second-order valence-electron chi connectivity index (χ2n) is 4.05. The highest BCUT2D eigenvalue weighted by Crippen LogP contribution is 2.28. The van der Waals surface area contributed by atoms with E-state index in [-0.39, 0.29) is 10.9 Å². The van der Waals surface area contributed by atoms with Gasteiger partial charge in [-0.05, 0) is 18.2 Å². The smallest absolute Gasteiger partial charge is 0.246 e. The number of nitrogens with one attached hydrogen (secondary N) is 1. The Bertz CT molecular complexity index is 514. The van der Waals surface area contributed by atoms with E-state index in [0.29, 0.717) is 5.69 Å². The Morgan fingerprint density at radius 2 is 2.39 bits per heavy atom. The number of hydrazine groups is 1. The number of hydrogen-bond acceptors (Lipinski definition) is 6. The van der Waals surface area contributed by atoms with E-state index in [1.807, 2.05) is 0 Å². The maximum absolute atomic E-state index is 12.5. The minimum atomic E-state index is -3.55. The van der Waals surface area contributed by atoms with Crippen LogP contribution in [0.25, 0.3) is 0 Å². The van der Waals surface area contributed by atoms with E-state index in [2.05, 4.69) is 10.4 Å². The van der Waals surface area contributed by atoms with Crippen molar-refractivity contribution in [1.82, 2.24) is 9.29 Å². The number of sulfonamides is 1. The first-order chi connectivity index (χ1) is 8.57. The molecule has 0 spiro atoms. The van der Waals surface area contributed by atoms with Crippen molar-refractivity contribution in [3.63, 3.8) is 0 Å². The first-order valence-corrected chi connectivity index (χ1v) is 8.13. The average Bonchev–Trinajstić information content (AvgIpc) is 2.91. The van der Waals surface area contributed by atoms with Crippen LogP contribution in [0.5, 0.6) is 0 Å². The molecule has 1 saturated heterocycles. The molecule has 1 aliphatic heterocycles. The number of nitrogens with zero attached hydrogens (tertiary/aromatic N) is 2. The molecule has 0 radical (unpaired) electrons. The van der Waals surface area contributed by atoms with Gasteiger partial charge in [0.25, 0.3) is 0 Å². The Morgan fingerprint density at radius 1 is 1.61 bits per heavy atom. The molecule has 8 heteroatoms. The van der Waals surface area contributed by atoms with Gasteiger partial charge < -0.3 is 5.43 Å². The SMILES string of the molecule is CN(C1CCSC1)S(=O)(=O)c1cnccc1NN. The summed E-state index contributed by atoms with van der Waals surface area (Å²) in [4.78, 5) is 3.98. The van der Waals surface area contributed by atoms with Crippen LogP contribution in [0.1, 0.15) is 6.42 Å². The maximum Gasteiger partial charge on any atom is 0.246 e. The first kappa shape index (κ1) is 13.6. The lowest BCUT2D eigenvalue weighted by molar-refractivity contribution is 0.394. The molecule has 1 unspecified atom stereocenters. The Balaban J connectivity index is 2.35. The summed E-state index contributed by atoms with van der Waals surface area (Å²) in [5, 5.41) is 0. The summed E-state index contributed by atoms with van der Waals surface area (Å²) in [5.74, 6) is 7.17. The van der Waals surface area contributed by atoms with Gasteiger partial charge in [-0.1, -0.05) is 0 Å². The molecule has 0 amide bonds. The lowest BCUT2D eigenvalue weighted by atomic mass is 10.3. The molecule has 1 aliphatic rings. The summed E-state index contributed by atoms with van der Waals surface area (Å²) in [6.45, 7) is 0. The van der Waals surface area contributed by atoms with Crippen molar-refractivity contribution in [3.8, 4) is 0 Å². The van der Waals surface area contributed by atoms with E-state index in [9.17, 15) is 8.42 Å². The van der Waals surface area contributed by atoms with Crippen molar-refractivity contribution >= 4 is 27.5 Å². The van der Waals surface area contributed by atoms with Gasteiger partial charge in [0.05, 0.1) is 5.69 Å². The van der Waals surface area contributed by atoms with Gasteiger partial charge in [0.2, 0.25) is 10.0 Å². The van der Waals surface area contributed by atoms with Crippen LogP contribution >= 0.6 is 11.8 Å². The zero-order valence-electron chi connectivity index (χ0n) is 10.0. The van der Waals surface area contributed by atoms with Gasteiger partial charge in [0.1, 0.15) is 4.90 Å². The van der Waals surface area contributed by atoms with Crippen LogP contribution < -0.4 is 11.3 Å². The fourth-order valence-corrected chi connectivity index (χ4v) is 4.71. The minimum absolute atomic E-state index is 0.0471. The summed E-state index contributed by atoms with van der Waals surface area (Å²) in [5.41, 5.74) is 2.76. The van der Waals surface area contributed by atoms with Gasteiger partial charge in [0.15, 0.2) is 0 Å². The molecule has 0 aliphatic carbocycles. The molecule has 2 heterocycles. The Morgan fingerprint density at radius 3 is 3.00 bits per heavy atom. The maximum atomic E-state index is 12.5. The van der Waals surface area contributed by atoms with E-state index in [4.69, 9.17) is 5.84 Å². The summed E-state index contributed by atoms with van der Waals surface area (Å²) >= 11 is 1.77. The molecule has 0 saturated carbocycles. The zero-order valence-corrected chi connectivity index (χ0v) is 11.7. The van der Waals surface area contributed by atoms with Gasteiger partial charge >= 0.3 is 0 Å². The van der Waals surface area contributed by atoms with Crippen LogP contribution in [-0.4, -0.2) is 42.3 Å². The third-order valence-electron chi connectivity index (χ3n) is 3.02. The standard InChI is InChI=1S/C10H16N4O2S2/c1-14(8-3-5-17-7-8)18(15,16)10-6-12-4-2-9(10)13-11/h2,4,6,8H,3,5,7,11H2,1H3,(H,12,13). The number of anilines is 1. The minimum Gasteiger partial charge on any atom is -0.323 e. The predicted octanol–water partition coefficient (Wildman–Crippen LogP) is 0.493. The van der Waals surface area contributed by atoms with Crippen molar-refractivity contribution in [2.75, 3.05) is 24.0 Å². The number of nitrogen functional groups attached to an aromatic ring is 1. The summed E-state index contributed by atoms with van der Waals surface area (Å²) < 4.78 is 26.4. The highest BCUT2D eigenvalue weighted by molar-refractivity contribution is 7.99. The fraction of sp³-hybridized carbons (Fsp3) is 0.500. The summed E-state index contributed by atoms with van der Waals surface area (Å²) in [6, 6.07) is 1.59. The van der Waals surface area contributed by atoms with Crippen LogP contribution in [0.4, 0.5) is 5.69 Å². The van der Waals surface area contributed by atoms with Gasteiger partial charge in [0, 0.05) is 31.2 Å². The molecule has 3 N–H and O–H groups in total. The number of aromatic nitrogens is 1. The molecule has 1 atom stereocenters. The quantitative estimate of drug-likeness (QED) is 0.619. The normalized spacial score (nSPS) is 20.3. The molecule has 1 aromatic rings. The lowest BCUT2D eigenvalue weighted by Gasteiger charge is -2.23. The molecule has 18 heavy (non-hydrogen) atoms. The van der Waals surface area contributed by atoms with Crippen LogP contribution in [-0.2, 0) is 10.0 Å². The van der Waals surface area contributed by atoms with Gasteiger partial charge in [-0.3, -0.25) is 10.8 Å². The van der Waals surface area contributed by atoms with E-state index >= 15 is 0 Å². The van der Waals surface area contributed by atoms with Crippen molar-refractivity contribution in [1.29, 1.82) is 0 Å². The molecule has 6 nitrogen and oxygen atoms in total. The Kier molecular flexibility index (Phi) is 4.10. The molecule has 100 valence electrons. The van der Waals surface area contributed by atoms with Crippen molar-refractivity contribution in [2.24, 2.45) is 5.84 Å². The van der Waals surface area contributed by atoms with Gasteiger partial charge in [-0.2, -0.15) is 16.1 Å². The van der Waals surface area contributed by atoms with Crippen LogP contribution in [0.3, 0.4) is 0 Å². The van der Waals surface area contributed by atoms with Crippen molar-refractivity contribution in [3.05, 3.63) is 18.5 Å². The number of rotatable bonds is 4. The molecule has 0 aromatic carbocycles. The first-order valence-electron chi connectivity index (χ1n) is 5.54. The van der Waals surface area contributed by atoms with Crippen molar-refractivity contribution < 1.29 is 8.42 Å². The molecule has 1 aromatic heterocycles. The van der Waals surface area contributed by atoms with Crippen LogP contribution in [0.2, 0.25) is 0 Å². The number of pyridine rings is 1. The summed E-state index contributed by atoms with van der Waals surface area (Å²) in [7, 11) is -1.94. The average molecular weight is 288 g/mol. The zero-order chi connectivity index (χ0) is 13.2. The van der Waals surface area contributed by atoms with Gasteiger partial charge in [-0.25, -0.2) is 8.42 Å². The molecular formula is C10H16N4O2S2. The number of thioether (sulfide) groups is 1. The number of nitrogens with two attached hydrogens (primary N) is 1. The lowest BCUT2D eigenvalue weighted by Crippen LogP contribution is -2.37. The van der Waals surface area contributed by atoms with Crippen LogP contribution in [0.15, 0.2) is 23.4 Å². The highest BCUT2D eigenvalue weighted by atomic mass is 32.2. The van der Waals surface area contributed by atoms with E-state index in [1.165, 1.54) is 16.7 Å². The van der Waals surface area contributed by atoms with E-state index < -0.39 is 10.0 Å². The third kappa shape index (κ3) is 2.46. The Labute approximate surface area is 111 Å². The number of hydrogen-bond donors (Lipinski definition) is 2. The monoisotopic (exact) mass is 288 g/mol. The third-order valence-corrected chi connectivity index (χ3v) is 6.10. The van der Waals surface area contributed by atoms with E-state index in [1.54, 1.807) is 24.9 Å². The Hall–Kier alpha value is -0.830. The van der Waals surface area contributed by atoms with Crippen LogP contribution in [0, 0.1) is 0 Å². The molecule has 0 bridgehead atoms. The second-order valence-corrected chi connectivity index (χ2v) is 7.17. The molecule has 2 rings (SSSR count). The molecular weight excluding hydrogens is 272 g/mol. The largest absolute Gasteiger partial charge is 0.323 e. The molecule has 1 fully saturated rings. The second kappa shape index (κ2) is 5.43.